The molecule has 4 rings (SSSR count). The van der Waals surface area contributed by atoms with Gasteiger partial charge in [0.1, 0.15) is 6.26 Å². The van der Waals surface area contributed by atoms with Crippen molar-refractivity contribution in [2.45, 2.75) is 24.9 Å². The van der Waals surface area contributed by atoms with E-state index in [1.807, 2.05) is 17.0 Å². The number of hydrogen-bond donors (Lipinski definition) is 1. The monoisotopic (exact) mass is 317 g/mol. The average molecular weight is 318 g/mol. The molecule has 1 aromatic carbocycles. The van der Waals surface area contributed by atoms with E-state index in [2.05, 4.69) is 10.3 Å². The first-order valence-electron chi connectivity index (χ1n) is 7.42. The number of fused-ring (bicyclic) bond motifs is 2. The van der Waals surface area contributed by atoms with Crippen LogP contribution in [0.4, 0.5) is 0 Å². The first-order chi connectivity index (χ1) is 10.7. The van der Waals surface area contributed by atoms with Crippen LogP contribution < -0.4 is 5.32 Å². The summed E-state index contributed by atoms with van der Waals surface area (Å²) in [6, 6.07) is 8.10. The number of likely N-dealkylation sites (tertiary alicyclic amines) is 1. The van der Waals surface area contributed by atoms with Crippen molar-refractivity contribution in [3.8, 4) is 11.5 Å². The van der Waals surface area contributed by atoms with E-state index in [1.54, 1.807) is 18.4 Å². The number of benzene rings is 1. The number of rotatable bonds is 3. The predicted molar refractivity (Wildman–Crippen MR) is 82.6 cm³/mol. The Morgan fingerprint density at radius 3 is 2.91 bits per heavy atom. The van der Waals surface area contributed by atoms with Gasteiger partial charge in [-0.1, -0.05) is 11.6 Å². The van der Waals surface area contributed by atoms with Crippen molar-refractivity contribution in [3.63, 3.8) is 0 Å². The van der Waals surface area contributed by atoms with Gasteiger partial charge in [0.25, 0.3) is 0 Å². The zero-order valence-corrected chi connectivity index (χ0v) is 12.7. The second-order valence-corrected chi connectivity index (χ2v) is 6.30. The number of amides is 1. The molecular weight excluding hydrogens is 302 g/mol. The standard InChI is InChI=1S/C16H16ClN3O2/c17-11-3-1-10(2-4-11)16-19-13(9-22-16)6-15(21)20-8-12-5-14(20)7-18-12/h1-4,9,12,14,18H,5-8H2/t12-,14-/m0/s1. The van der Waals surface area contributed by atoms with Gasteiger partial charge in [0.2, 0.25) is 11.8 Å². The van der Waals surface area contributed by atoms with Crippen molar-refractivity contribution < 1.29 is 9.21 Å². The molecule has 0 aliphatic carbocycles. The average Bonchev–Trinajstić information content (AvgIpc) is 3.24. The third-order valence-electron chi connectivity index (χ3n) is 4.35. The van der Waals surface area contributed by atoms with E-state index in [0.717, 1.165) is 25.1 Å². The molecule has 1 amide bonds. The SMILES string of the molecule is O=C(Cc1coc(-c2ccc(Cl)cc2)n1)N1C[C@@H]2C[C@H]1CN2. The third-order valence-corrected chi connectivity index (χ3v) is 4.60. The Kier molecular flexibility index (Phi) is 3.39. The number of oxazole rings is 1. The van der Waals surface area contributed by atoms with Gasteiger partial charge in [0, 0.05) is 35.8 Å². The predicted octanol–water partition coefficient (Wildman–Crippen LogP) is 2.11. The lowest BCUT2D eigenvalue weighted by Crippen LogP contribution is -2.47. The minimum Gasteiger partial charge on any atom is -0.444 e. The highest BCUT2D eigenvalue weighted by Gasteiger charge is 2.39. The molecule has 2 aliphatic rings. The van der Waals surface area contributed by atoms with Crippen LogP contribution in [-0.4, -0.2) is 41.0 Å². The summed E-state index contributed by atoms with van der Waals surface area (Å²) in [6.45, 7) is 1.72. The van der Waals surface area contributed by atoms with Gasteiger partial charge in [-0.15, -0.1) is 0 Å². The Bertz CT molecular complexity index is 698. The molecule has 1 aromatic heterocycles. The summed E-state index contributed by atoms with van der Waals surface area (Å²) in [5, 5.41) is 4.07. The molecule has 0 unspecified atom stereocenters. The highest BCUT2D eigenvalue weighted by atomic mass is 35.5. The summed E-state index contributed by atoms with van der Waals surface area (Å²) in [4.78, 5) is 18.8. The molecule has 2 atom stereocenters. The maximum atomic E-state index is 12.4. The molecule has 3 heterocycles. The zero-order valence-electron chi connectivity index (χ0n) is 12.0. The number of carbonyl (C=O) groups is 1. The maximum Gasteiger partial charge on any atom is 0.229 e. The van der Waals surface area contributed by atoms with Crippen molar-refractivity contribution in [3.05, 3.63) is 41.2 Å². The number of nitrogens with one attached hydrogen (secondary N) is 1. The molecule has 114 valence electrons. The Morgan fingerprint density at radius 1 is 1.41 bits per heavy atom. The topological polar surface area (TPSA) is 58.4 Å². The number of aromatic nitrogens is 1. The first kappa shape index (κ1) is 13.8. The van der Waals surface area contributed by atoms with Crippen molar-refractivity contribution in [1.29, 1.82) is 0 Å². The van der Waals surface area contributed by atoms with Crippen LogP contribution in [0.2, 0.25) is 5.02 Å². The second kappa shape index (κ2) is 5.41. The fourth-order valence-corrected chi connectivity index (χ4v) is 3.36. The molecule has 5 nitrogen and oxygen atoms in total. The summed E-state index contributed by atoms with van der Waals surface area (Å²) in [5.74, 6) is 0.647. The minimum absolute atomic E-state index is 0.130. The van der Waals surface area contributed by atoms with Crippen molar-refractivity contribution in [2.24, 2.45) is 0 Å². The van der Waals surface area contributed by atoms with Crippen molar-refractivity contribution >= 4 is 17.5 Å². The minimum atomic E-state index is 0.130. The number of nitrogens with zero attached hydrogens (tertiary/aromatic N) is 2. The van der Waals surface area contributed by atoms with E-state index in [4.69, 9.17) is 16.0 Å². The lowest BCUT2D eigenvalue weighted by molar-refractivity contribution is -0.131. The zero-order chi connectivity index (χ0) is 15.1. The van der Waals surface area contributed by atoms with Crippen molar-refractivity contribution in [2.75, 3.05) is 13.1 Å². The first-order valence-corrected chi connectivity index (χ1v) is 7.80. The fourth-order valence-electron chi connectivity index (χ4n) is 3.24. The van der Waals surface area contributed by atoms with Crippen LogP contribution >= 0.6 is 11.6 Å². The van der Waals surface area contributed by atoms with Crippen LogP contribution in [0.25, 0.3) is 11.5 Å². The summed E-state index contributed by atoms with van der Waals surface area (Å²) < 4.78 is 5.48. The maximum absolute atomic E-state index is 12.4. The summed E-state index contributed by atoms with van der Waals surface area (Å²) in [6.07, 6.45) is 2.93. The molecule has 22 heavy (non-hydrogen) atoms. The van der Waals surface area contributed by atoms with Crippen LogP contribution in [0.3, 0.4) is 0 Å². The summed E-state index contributed by atoms with van der Waals surface area (Å²) in [5.41, 5.74) is 1.53. The number of hydrogen-bond acceptors (Lipinski definition) is 4. The van der Waals surface area contributed by atoms with Gasteiger partial charge in [-0.3, -0.25) is 4.79 Å². The highest BCUT2D eigenvalue weighted by Crippen LogP contribution is 2.25. The van der Waals surface area contributed by atoms with Crippen molar-refractivity contribution in [1.82, 2.24) is 15.2 Å². The molecule has 2 aromatic rings. The van der Waals surface area contributed by atoms with E-state index < -0.39 is 0 Å². The summed E-state index contributed by atoms with van der Waals surface area (Å²) in [7, 11) is 0. The number of piperazine rings is 1. The van der Waals surface area contributed by atoms with E-state index in [0.29, 0.717) is 35.1 Å². The van der Waals surface area contributed by atoms with Gasteiger partial charge in [-0.25, -0.2) is 4.98 Å². The van der Waals surface area contributed by atoms with Gasteiger partial charge in [-0.2, -0.15) is 0 Å². The van der Waals surface area contributed by atoms with Crippen LogP contribution in [-0.2, 0) is 11.2 Å². The smallest absolute Gasteiger partial charge is 0.229 e. The van der Waals surface area contributed by atoms with E-state index >= 15 is 0 Å². The van der Waals surface area contributed by atoms with Crippen LogP contribution in [0, 0.1) is 0 Å². The fraction of sp³-hybridized carbons (Fsp3) is 0.375. The Balaban J connectivity index is 1.45. The van der Waals surface area contributed by atoms with Gasteiger partial charge in [-0.05, 0) is 30.7 Å². The highest BCUT2D eigenvalue weighted by molar-refractivity contribution is 6.30. The van der Waals surface area contributed by atoms with Gasteiger partial charge >= 0.3 is 0 Å². The lowest BCUT2D eigenvalue weighted by Gasteiger charge is -2.27. The van der Waals surface area contributed by atoms with E-state index in [-0.39, 0.29) is 5.91 Å². The molecule has 6 heteroatoms. The summed E-state index contributed by atoms with van der Waals surface area (Å²) >= 11 is 5.87. The lowest BCUT2D eigenvalue weighted by atomic mass is 10.2. The molecule has 0 spiro atoms. The Hall–Kier alpha value is -1.85. The van der Waals surface area contributed by atoms with Gasteiger partial charge in [0.15, 0.2) is 0 Å². The van der Waals surface area contributed by atoms with Crippen LogP contribution in [0.15, 0.2) is 34.9 Å². The van der Waals surface area contributed by atoms with Gasteiger partial charge in [0.05, 0.1) is 12.1 Å². The number of halogens is 1. The van der Waals surface area contributed by atoms with E-state index in [9.17, 15) is 4.79 Å². The molecular formula is C16H16ClN3O2. The normalized spacial score (nSPS) is 23.2. The molecule has 0 radical (unpaired) electrons. The molecule has 2 saturated heterocycles. The number of carbonyl (C=O) groups excluding carboxylic acids is 1. The van der Waals surface area contributed by atoms with E-state index in [1.165, 1.54) is 0 Å². The van der Waals surface area contributed by atoms with Crippen LogP contribution in [0.1, 0.15) is 12.1 Å². The second-order valence-electron chi connectivity index (χ2n) is 5.87. The quantitative estimate of drug-likeness (QED) is 0.942. The third kappa shape index (κ3) is 2.51. The van der Waals surface area contributed by atoms with Gasteiger partial charge < -0.3 is 14.6 Å². The molecule has 2 aliphatic heterocycles. The Labute approximate surface area is 133 Å². The molecule has 2 bridgehead atoms. The Morgan fingerprint density at radius 2 is 2.23 bits per heavy atom. The molecule has 0 saturated carbocycles. The largest absolute Gasteiger partial charge is 0.444 e. The van der Waals surface area contributed by atoms with Crippen LogP contribution in [0.5, 0.6) is 0 Å². The molecule has 2 fully saturated rings. The molecule has 1 N–H and O–H groups in total.